The van der Waals surface area contributed by atoms with E-state index in [9.17, 15) is 4.79 Å². The zero-order valence-electron chi connectivity index (χ0n) is 18.6. The predicted octanol–water partition coefficient (Wildman–Crippen LogP) is 3.35. The highest BCUT2D eigenvalue weighted by molar-refractivity contribution is 6.30. The molecular formula is C24H33ClN4O2. The van der Waals surface area contributed by atoms with Crippen LogP contribution in [0.15, 0.2) is 24.3 Å². The Morgan fingerprint density at radius 1 is 1.26 bits per heavy atom. The van der Waals surface area contributed by atoms with E-state index in [4.69, 9.17) is 21.4 Å². The van der Waals surface area contributed by atoms with Crippen LogP contribution in [-0.2, 0) is 30.5 Å². The molecule has 1 aromatic heterocycles. The zero-order chi connectivity index (χ0) is 21.8. The molecule has 0 bridgehead atoms. The van der Waals surface area contributed by atoms with Crippen LogP contribution < -0.4 is 5.32 Å². The number of aromatic nitrogens is 2. The second kappa shape index (κ2) is 10.2. The van der Waals surface area contributed by atoms with Crippen LogP contribution in [0.2, 0.25) is 5.02 Å². The Morgan fingerprint density at radius 2 is 2.00 bits per heavy atom. The lowest BCUT2D eigenvalue weighted by Gasteiger charge is -2.28. The van der Waals surface area contributed by atoms with E-state index in [2.05, 4.69) is 36.0 Å². The number of halogens is 1. The number of morpholine rings is 1. The summed E-state index contributed by atoms with van der Waals surface area (Å²) in [5.74, 6) is 0.550. The van der Waals surface area contributed by atoms with E-state index in [0.717, 1.165) is 49.4 Å². The first kappa shape index (κ1) is 22.3. The van der Waals surface area contributed by atoms with Gasteiger partial charge in [-0.25, -0.2) is 0 Å². The van der Waals surface area contributed by atoms with E-state index in [1.54, 1.807) is 0 Å². The van der Waals surface area contributed by atoms with E-state index < -0.39 is 0 Å². The number of benzene rings is 1. The zero-order valence-corrected chi connectivity index (χ0v) is 19.3. The molecule has 1 unspecified atom stereocenters. The van der Waals surface area contributed by atoms with Crippen molar-refractivity contribution in [1.29, 1.82) is 0 Å². The summed E-state index contributed by atoms with van der Waals surface area (Å²) in [6, 6.07) is 8.41. The van der Waals surface area contributed by atoms with Gasteiger partial charge in [0.2, 0.25) is 0 Å². The fourth-order valence-electron chi connectivity index (χ4n) is 4.52. The fourth-order valence-corrected chi connectivity index (χ4v) is 4.64. The Balaban J connectivity index is 1.46. The van der Waals surface area contributed by atoms with Crippen LogP contribution in [-0.4, -0.2) is 59.5 Å². The standard InChI is InChI=1S/C24H33ClN4O2/c1-17(2)16-29-22-8-7-20(26-10-9-18-3-5-19(25)6-4-18)15-21(22)23(27-29)24(30)28-11-13-31-14-12-28/h3-6,17,20,26H,7-16H2,1-2H3. The van der Waals surface area contributed by atoms with Crippen molar-refractivity contribution in [2.24, 2.45) is 5.92 Å². The fraction of sp³-hybridized carbons (Fsp3) is 0.583. The molecule has 0 saturated carbocycles. The number of hydrogen-bond acceptors (Lipinski definition) is 4. The summed E-state index contributed by atoms with van der Waals surface area (Å²) in [5.41, 5.74) is 4.33. The van der Waals surface area contributed by atoms with Crippen LogP contribution >= 0.6 is 11.6 Å². The summed E-state index contributed by atoms with van der Waals surface area (Å²) in [6.45, 7) is 8.66. The average molecular weight is 445 g/mol. The van der Waals surface area contributed by atoms with Crippen molar-refractivity contribution in [1.82, 2.24) is 20.0 Å². The van der Waals surface area contributed by atoms with Gasteiger partial charge in [0.05, 0.1) is 13.2 Å². The number of carbonyl (C=O) groups is 1. The molecule has 1 aliphatic heterocycles. The Morgan fingerprint density at radius 3 is 2.71 bits per heavy atom. The molecule has 1 saturated heterocycles. The van der Waals surface area contributed by atoms with Gasteiger partial charge in [-0.1, -0.05) is 37.6 Å². The number of nitrogens with zero attached hydrogens (tertiary/aromatic N) is 3. The SMILES string of the molecule is CC(C)Cn1nc(C(=O)N2CCOCC2)c2c1CCC(NCCc1ccc(Cl)cc1)C2. The van der Waals surface area contributed by atoms with Crippen LogP contribution in [0.25, 0.3) is 0 Å². The number of carbonyl (C=O) groups excluding carboxylic acids is 1. The van der Waals surface area contributed by atoms with Gasteiger partial charge in [0.15, 0.2) is 5.69 Å². The van der Waals surface area contributed by atoms with Crippen LogP contribution in [0, 0.1) is 5.92 Å². The number of fused-ring (bicyclic) bond motifs is 1. The second-order valence-corrected chi connectivity index (χ2v) is 9.46. The Bertz CT molecular complexity index is 888. The Hall–Kier alpha value is -1.89. The molecule has 1 amide bonds. The third kappa shape index (κ3) is 5.48. The van der Waals surface area contributed by atoms with Crippen molar-refractivity contribution in [3.8, 4) is 0 Å². The molecule has 2 aliphatic rings. The number of ether oxygens (including phenoxy) is 1. The molecule has 168 valence electrons. The summed E-state index contributed by atoms with van der Waals surface area (Å²) in [6.07, 6.45) is 3.86. The second-order valence-electron chi connectivity index (χ2n) is 9.02. The van der Waals surface area contributed by atoms with E-state index in [-0.39, 0.29) is 5.91 Å². The summed E-state index contributed by atoms with van der Waals surface area (Å²) in [4.78, 5) is 15.2. The summed E-state index contributed by atoms with van der Waals surface area (Å²) in [7, 11) is 0. The molecule has 6 nitrogen and oxygen atoms in total. The molecule has 1 aromatic carbocycles. The lowest BCUT2D eigenvalue weighted by atomic mass is 9.90. The molecule has 1 atom stereocenters. The topological polar surface area (TPSA) is 59.4 Å². The molecule has 4 rings (SSSR count). The van der Waals surface area contributed by atoms with E-state index in [0.29, 0.717) is 44.0 Å². The number of nitrogens with one attached hydrogen (secondary N) is 1. The molecular weight excluding hydrogens is 412 g/mol. The van der Waals surface area contributed by atoms with Gasteiger partial charge in [-0.05, 0) is 55.8 Å². The highest BCUT2D eigenvalue weighted by atomic mass is 35.5. The van der Waals surface area contributed by atoms with Gasteiger partial charge >= 0.3 is 0 Å². The molecule has 1 fully saturated rings. The van der Waals surface area contributed by atoms with Gasteiger partial charge in [0.25, 0.3) is 5.91 Å². The molecule has 1 N–H and O–H groups in total. The summed E-state index contributed by atoms with van der Waals surface area (Å²) < 4.78 is 7.52. The van der Waals surface area contributed by atoms with Crippen molar-refractivity contribution in [3.05, 3.63) is 51.8 Å². The minimum absolute atomic E-state index is 0.0591. The van der Waals surface area contributed by atoms with Crippen molar-refractivity contribution in [3.63, 3.8) is 0 Å². The molecule has 31 heavy (non-hydrogen) atoms. The van der Waals surface area contributed by atoms with Crippen LogP contribution in [0.3, 0.4) is 0 Å². The minimum atomic E-state index is 0.0591. The quantitative estimate of drug-likeness (QED) is 0.711. The highest BCUT2D eigenvalue weighted by Gasteiger charge is 2.31. The molecule has 7 heteroatoms. The molecule has 0 radical (unpaired) electrons. The lowest BCUT2D eigenvalue weighted by molar-refractivity contribution is 0.0297. The molecule has 2 heterocycles. The maximum Gasteiger partial charge on any atom is 0.274 e. The first-order valence-corrected chi connectivity index (χ1v) is 11.8. The number of hydrogen-bond donors (Lipinski definition) is 1. The summed E-state index contributed by atoms with van der Waals surface area (Å²) in [5, 5.41) is 9.30. The third-order valence-corrected chi connectivity index (χ3v) is 6.40. The maximum absolute atomic E-state index is 13.3. The Labute approximate surface area is 189 Å². The molecule has 1 aliphatic carbocycles. The monoisotopic (exact) mass is 444 g/mol. The largest absolute Gasteiger partial charge is 0.378 e. The van der Waals surface area contributed by atoms with Gasteiger partial charge in [-0.2, -0.15) is 5.10 Å². The van der Waals surface area contributed by atoms with Gasteiger partial charge in [0, 0.05) is 42.0 Å². The van der Waals surface area contributed by atoms with Gasteiger partial charge in [-0.3, -0.25) is 9.48 Å². The maximum atomic E-state index is 13.3. The van der Waals surface area contributed by atoms with E-state index in [1.807, 2.05) is 17.0 Å². The van der Waals surface area contributed by atoms with Crippen molar-refractivity contribution in [2.75, 3.05) is 32.8 Å². The van der Waals surface area contributed by atoms with E-state index in [1.165, 1.54) is 11.3 Å². The van der Waals surface area contributed by atoms with Gasteiger partial charge < -0.3 is 15.0 Å². The minimum Gasteiger partial charge on any atom is -0.378 e. The number of amides is 1. The van der Waals surface area contributed by atoms with Crippen LogP contribution in [0.1, 0.15) is 47.6 Å². The molecule has 0 spiro atoms. The van der Waals surface area contributed by atoms with Gasteiger partial charge in [0.1, 0.15) is 0 Å². The predicted molar refractivity (Wildman–Crippen MR) is 123 cm³/mol. The van der Waals surface area contributed by atoms with Crippen molar-refractivity contribution in [2.45, 2.75) is 52.1 Å². The highest BCUT2D eigenvalue weighted by Crippen LogP contribution is 2.27. The first-order valence-electron chi connectivity index (χ1n) is 11.4. The Kier molecular flexibility index (Phi) is 7.31. The summed E-state index contributed by atoms with van der Waals surface area (Å²) >= 11 is 5.98. The van der Waals surface area contributed by atoms with Crippen LogP contribution in [0.5, 0.6) is 0 Å². The first-order chi connectivity index (χ1) is 15.0. The molecule has 2 aromatic rings. The third-order valence-electron chi connectivity index (χ3n) is 6.15. The van der Waals surface area contributed by atoms with Gasteiger partial charge in [-0.15, -0.1) is 0 Å². The normalized spacial score (nSPS) is 19.0. The van der Waals surface area contributed by atoms with Crippen molar-refractivity contribution < 1.29 is 9.53 Å². The van der Waals surface area contributed by atoms with Crippen molar-refractivity contribution >= 4 is 17.5 Å². The van der Waals surface area contributed by atoms with Crippen LogP contribution in [0.4, 0.5) is 0 Å². The van der Waals surface area contributed by atoms with E-state index >= 15 is 0 Å². The average Bonchev–Trinajstić information content (AvgIpc) is 3.12. The number of rotatable bonds is 7. The lowest BCUT2D eigenvalue weighted by Crippen LogP contribution is -2.42. The smallest absolute Gasteiger partial charge is 0.274 e.